The molecule has 5 heteroatoms. The van der Waals surface area contributed by atoms with Crippen LogP contribution in [0, 0.1) is 18.3 Å². The van der Waals surface area contributed by atoms with Gasteiger partial charge in [0.2, 0.25) is 5.95 Å². The van der Waals surface area contributed by atoms with Crippen molar-refractivity contribution in [2.45, 2.75) is 6.92 Å². The van der Waals surface area contributed by atoms with E-state index >= 15 is 0 Å². The Morgan fingerprint density at radius 1 is 1.35 bits per heavy atom. The molecular formula is C12H11FN4. The van der Waals surface area contributed by atoms with Crippen LogP contribution in [0.25, 0.3) is 12.3 Å². The number of pyridine rings is 1. The number of hydrogen-bond donors (Lipinski definition) is 1. The summed E-state index contributed by atoms with van der Waals surface area (Å²) in [5, 5.41) is 11.8. The van der Waals surface area contributed by atoms with Gasteiger partial charge in [-0.1, -0.05) is 0 Å². The van der Waals surface area contributed by atoms with Crippen molar-refractivity contribution in [3.05, 3.63) is 53.2 Å². The Bertz CT molecular complexity index is 616. The maximum atomic E-state index is 12.8. The molecule has 2 aromatic heterocycles. The Morgan fingerprint density at radius 2 is 2.18 bits per heavy atom. The maximum absolute atomic E-state index is 12.8. The Hall–Kier alpha value is -2.30. The lowest BCUT2D eigenvalue weighted by atomic mass is 10.2. The predicted octanol–water partition coefficient (Wildman–Crippen LogP) is 1.83. The molecule has 0 bridgehead atoms. The first-order valence-electron chi connectivity index (χ1n) is 5.06. The van der Waals surface area contributed by atoms with Crippen LogP contribution in [0.3, 0.4) is 0 Å². The lowest BCUT2D eigenvalue weighted by Crippen LogP contribution is -2.17. The van der Waals surface area contributed by atoms with Crippen LogP contribution in [-0.2, 0) is 0 Å². The minimum Gasteiger partial charge on any atom is -0.283 e. The van der Waals surface area contributed by atoms with Crippen molar-refractivity contribution in [3.63, 3.8) is 0 Å². The highest BCUT2D eigenvalue weighted by Crippen LogP contribution is 2.03. The molecule has 0 aliphatic rings. The monoisotopic (exact) mass is 230 g/mol. The maximum Gasteiger partial charge on any atom is 0.213 e. The summed E-state index contributed by atoms with van der Waals surface area (Å²) < 4.78 is 14.3. The van der Waals surface area contributed by atoms with E-state index in [1.165, 1.54) is 16.9 Å². The summed E-state index contributed by atoms with van der Waals surface area (Å²) in [7, 11) is 0. The molecular weight excluding hydrogens is 219 g/mol. The smallest absolute Gasteiger partial charge is 0.213 e. The Labute approximate surface area is 97.6 Å². The highest BCUT2D eigenvalue weighted by Gasteiger charge is 1.93. The topological polar surface area (TPSA) is 54.6 Å². The molecule has 2 aromatic rings. The lowest BCUT2D eigenvalue weighted by Gasteiger charge is -2.00. The van der Waals surface area contributed by atoms with Gasteiger partial charge in [-0.2, -0.15) is 9.49 Å². The molecule has 0 amide bonds. The second-order valence-corrected chi connectivity index (χ2v) is 3.53. The van der Waals surface area contributed by atoms with Crippen LogP contribution in [0.2, 0.25) is 0 Å². The zero-order chi connectivity index (χ0) is 12.3. The average Bonchev–Trinajstić information content (AvgIpc) is 2.30. The third-order valence-electron chi connectivity index (χ3n) is 2.15. The van der Waals surface area contributed by atoms with Gasteiger partial charge in [-0.3, -0.25) is 5.41 Å². The Balaban J connectivity index is 2.32. The fraction of sp³-hybridized carbons (Fsp3) is 0.0833. The van der Waals surface area contributed by atoms with Gasteiger partial charge in [-0.25, -0.2) is 9.67 Å². The van der Waals surface area contributed by atoms with Crippen molar-refractivity contribution in [2.24, 2.45) is 0 Å². The average molecular weight is 230 g/mol. The number of aryl methyl sites for hydroxylation is 1. The van der Waals surface area contributed by atoms with Crippen LogP contribution >= 0.6 is 0 Å². The fourth-order valence-electron chi connectivity index (χ4n) is 1.32. The van der Waals surface area contributed by atoms with Gasteiger partial charge in [0, 0.05) is 18.5 Å². The van der Waals surface area contributed by atoms with Gasteiger partial charge in [0.15, 0.2) is 0 Å². The zero-order valence-electron chi connectivity index (χ0n) is 9.26. The third kappa shape index (κ3) is 2.84. The van der Waals surface area contributed by atoms with E-state index in [4.69, 9.17) is 5.41 Å². The standard InChI is InChI=1S/C12H11FN4/c1-9-2-3-12(14)17(16-9)7-5-10-4-6-15-11(13)8-10/h2-8,14H,1H3/b7-5+,14-12?. The van der Waals surface area contributed by atoms with Crippen molar-refractivity contribution in [1.82, 2.24) is 14.8 Å². The molecule has 0 aromatic carbocycles. The summed E-state index contributed by atoms with van der Waals surface area (Å²) in [6, 6.07) is 6.41. The van der Waals surface area contributed by atoms with Crippen LogP contribution in [0.15, 0.2) is 30.5 Å². The molecule has 0 atom stereocenters. The molecule has 0 fully saturated rings. The highest BCUT2D eigenvalue weighted by molar-refractivity contribution is 5.59. The molecule has 2 heterocycles. The molecule has 1 N–H and O–H groups in total. The summed E-state index contributed by atoms with van der Waals surface area (Å²) in [6.45, 7) is 1.84. The summed E-state index contributed by atoms with van der Waals surface area (Å²) >= 11 is 0. The SMILES string of the molecule is Cc1ccc(=N)n(/C=C/c2ccnc(F)c2)n1. The Morgan fingerprint density at radius 3 is 2.94 bits per heavy atom. The van der Waals surface area contributed by atoms with Gasteiger partial charge in [0.1, 0.15) is 5.49 Å². The van der Waals surface area contributed by atoms with E-state index in [0.29, 0.717) is 5.56 Å². The van der Waals surface area contributed by atoms with Gasteiger partial charge >= 0.3 is 0 Å². The molecule has 0 spiro atoms. The van der Waals surface area contributed by atoms with Crippen molar-refractivity contribution < 1.29 is 4.39 Å². The van der Waals surface area contributed by atoms with Crippen molar-refractivity contribution >= 4 is 12.3 Å². The molecule has 86 valence electrons. The van der Waals surface area contributed by atoms with Crippen molar-refractivity contribution in [1.29, 1.82) is 5.41 Å². The number of nitrogens with zero attached hydrogens (tertiary/aromatic N) is 3. The molecule has 4 nitrogen and oxygen atoms in total. The minimum atomic E-state index is -0.527. The summed E-state index contributed by atoms with van der Waals surface area (Å²) in [6.07, 6.45) is 4.68. The lowest BCUT2D eigenvalue weighted by molar-refractivity contribution is 0.583. The number of rotatable bonds is 2. The number of halogens is 1. The van der Waals surface area contributed by atoms with E-state index in [-0.39, 0.29) is 5.49 Å². The Kier molecular flexibility index (Phi) is 3.09. The molecule has 17 heavy (non-hydrogen) atoms. The molecule has 0 saturated heterocycles. The summed E-state index contributed by atoms with van der Waals surface area (Å²) in [4.78, 5) is 3.47. The van der Waals surface area contributed by atoms with Gasteiger partial charge in [-0.15, -0.1) is 0 Å². The second kappa shape index (κ2) is 4.69. The normalized spacial score (nSPS) is 10.9. The van der Waals surface area contributed by atoms with Gasteiger partial charge in [0.05, 0.1) is 5.69 Å². The fourth-order valence-corrected chi connectivity index (χ4v) is 1.32. The van der Waals surface area contributed by atoms with Gasteiger partial charge < -0.3 is 0 Å². The van der Waals surface area contributed by atoms with E-state index in [1.54, 1.807) is 30.5 Å². The van der Waals surface area contributed by atoms with Crippen LogP contribution in [0.4, 0.5) is 4.39 Å². The molecule has 0 aliphatic heterocycles. The van der Waals surface area contributed by atoms with Gasteiger partial charge in [-0.05, 0) is 36.8 Å². The van der Waals surface area contributed by atoms with E-state index in [9.17, 15) is 4.39 Å². The third-order valence-corrected chi connectivity index (χ3v) is 2.15. The van der Waals surface area contributed by atoms with Crippen molar-refractivity contribution in [3.8, 4) is 0 Å². The minimum absolute atomic E-state index is 0.265. The highest BCUT2D eigenvalue weighted by atomic mass is 19.1. The largest absolute Gasteiger partial charge is 0.283 e. The van der Waals surface area contributed by atoms with Gasteiger partial charge in [0.25, 0.3) is 0 Å². The second-order valence-electron chi connectivity index (χ2n) is 3.53. The molecule has 0 aliphatic carbocycles. The number of aromatic nitrogens is 3. The summed E-state index contributed by atoms with van der Waals surface area (Å²) in [5.41, 5.74) is 1.75. The van der Waals surface area contributed by atoms with Crippen molar-refractivity contribution in [2.75, 3.05) is 0 Å². The van der Waals surface area contributed by atoms with Crippen LogP contribution in [0.1, 0.15) is 11.3 Å². The number of hydrogen-bond acceptors (Lipinski definition) is 3. The van der Waals surface area contributed by atoms with E-state index in [2.05, 4.69) is 10.1 Å². The zero-order valence-corrected chi connectivity index (χ0v) is 9.26. The first-order valence-corrected chi connectivity index (χ1v) is 5.06. The summed E-state index contributed by atoms with van der Waals surface area (Å²) in [5.74, 6) is -0.527. The molecule has 2 rings (SSSR count). The van der Waals surface area contributed by atoms with E-state index < -0.39 is 5.95 Å². The quantitative estimate of drug-likeness (QED) is 0.800. The van der Waals surface area contributed by atoms with E-state index in [0.717, 1.165) is 5.69 Å². The molecule has 0 radical (unpaired) electrons. The van der Waals surface area contributed by atoms with E-state index in [1.807, 2.05) is 6.92 Å². The number of nitrogens with one attached hydrogen (secondary N) is 1. The van der Waals surface area contributed by atoms with Crippen LogP contribution in [-0.4, -0.2) is 14.8 Å². The van der Waals surface area contributed by atoms with Crippen LogP contribution < -0.4 is 5.49 Å². The molecule has 0 saturated carbocycles. The predicted molar refractivity (Wildman–Crippen MR) is 62.2 cm³/mol. The van der Waals surface area contributed by atoms with Crippen LogP contribution in [0.5, 0.6) is 0 Å². The first kappa shape index (κ1) is 11.2. The molecule has 0 unspecified atom stereocenters. The first-order chi connectivity index (χ1) is 8.15.